The number of aliphatic hydroxyl groups is 1. The van der Waals surface area contributed by atoms with Crippen molar-refractivity contribution in [3.63, 3.8) is 0 Å². The molecular formula is C42H41N3O6. The monoisotopic (exact) mass is 683 g/mol. The van der Waals surface area contributed by atoms with Gasteiger partial charge in [0.25, 0.3) is 5.91 Å². The highest BCUT2D eigenvalue weighted by molar-refractivity contribution is 6.08. The van der Waals surface area contributed by atoms with Crippen molar-refractivity contribution < 1.29 is 29.0 Å². The first-order valence-electron chi connectivity index (χ1n) is 17.6. The fourth-order valence-corrected chi connectivity index (χ4v) is 8.69. The first-order chi connectivity index (χ1) is 24.8. The molecule has 0 saturated carbocycles. The minimum atomic E-state index is -1.47. The quantitative estimate of drug-likeness (QED) is 0.253. The molecule has 9 heteroatoms. The summed E-state index contributed by atoms with van der Waals surface area (Å²) in [6.45, 7) is 4.45. The minimum Gasteiger partial charge on any atom is -0.494 e. The van der Waals surface area contributed by atoms with Crippen LogP contribution in [-0.2, 0) is 25.5 Å². The van der Waals surface area contributed by atoms with Gasteiger partial charge >= 0.3 is 0 Å². The summed E-state index contributed by atoms with van der Waals surface area (Å²) in [6, 6.07) is 28.9. The summed E-state index contributed by atoms with van der Waals surface area (Å²) < 4.78 is 12.7. The highest BCUT2D eigenvalue weighted by Crippen LogP contribution is 2.58. The van der Waals surface area contributed by atoms with E-state index in [0.717, 1.165) is 16.3 Å². The maximum atomic E-state index is 15.2. The number of hydrogen-bond acceptors (Lipinski definition) is 6. The third kappa shape index (κ3) is 5.34. The molecule has 4 aromatic carbocycles. The first-order valence-corrected chi connectivity index (χ1v) is 17.6. The molecule has 4 aliphatic rings. The van der Waals surface area contributed by atoms with Gasteiger partial charge in [-0.3, -0.25) is 14.4 Å². The number of aliphatic hydroxyl groups excluding tert-OH is 1. The van der Waals surface area contributed by atoms with Crippen LogP contribution >= 0.6 is 0 Å². The Morgan fingerprint density at radius 1 is 0.784 bits per heavy atom. The average molecular weight is 684 g/mol. The number of ether oxygens (including phenoxy) is 2. The minimum absolute atomic E-state index is 0.249. The highest BCUT2D eigenvalue weighted by Gasteiger charge is 2.75. The third-order valence-corrected chi connectivity index (χ3v) is 10.9. The van der Waals surface area contributed by atoms with Crippen LogP contribution in [0.25, 0.3) is 10.8 Å². The van der Waals surface area contributed by atoms with Crippen molar-refractivity contribution in [2.75, 3.05) is 36.1 Å². The van der Waals surface area contributed by atoms with Crippen LogP contribution in [0.3, 0.4) is 0 Å². The van der Waals surface area contributed by atoms with Gasteiger partial charge in [0.1, 0.15) is 17.4 Å². The van der Waals surface area contributed by atoms with Crippen LogP contribution in [0.15, 0.2) is 121 Å². The molecule has 2 saturated heterocycles. The average Bonchev–Trinajstić information content (AvgIpc) is 3.42. The second kappa shape index (κ2) is 12.8. The lowest BCUT2D eigenvalue weighted by Gasteiger charge is -2.40. The van der Waals surface area contributed by atoms with Crippen molar-refractivity contribution in [2.45, 2.75) is 43.6 Å². The highest BCUT2D eigenvalue weighted by atomic mass is 16.5. The second-order valence-electron chi connectivity index (χ2n) is 13.9. The largest absolute Gasteiger partial charge is 0.494 e. The van der Waals surface area contributed by atoms with Crippen LogP contribution in [-0.4, -0.2) is 77.3 Å². The first kappa shape index (κ1) is 32.9. The van der Waals surface area contributed by atoms with Crippen molar-refractivity contribution in [1.82, 2.24) is 4.90 Å². The van der Waals surface area contributed by atoms with Gasteiger partial charge in [0, 0.05) is 24.5 Å². The summed E-state index contributed by atoms with van der Waals surface area (Å²) in [5.74, 6) is -2.22. The number of amides is 3. The molecule has 260 valence electrons. The molecule has 1 N–H and O–H groups in total. The molecule has 0 aromatic heterocycles. The maximum Gasteiger partial charge on any atom is 0.253 e. The Morgan fingerprint density at radius 3 is 2.18 bits per heavy atom. The second-order valence-corrected chi connectivity index (χ2v) is 13.9. The van der Waals surface area contributed by atoms with Gasteiger partial charge in [-0.25, -0.2) is 0 Å². The summed E-state index contributed by atoms with van der Waals surface area (Å²) in [7, 11) is 0. The number of nitrogens with zero attached hydrogens (tertiary/aromatic N) is 3. The molecule has 0 aliphatic carbocycles. The lowest BCUT2D eigenvalue weighted by Crippen LogP contribution is -2.59. The topological polar surface area (TPSA) is 99.6 Å². The molecule has 4 aromatic rings. The zero-order chi connectivity index (χ0) is 35.3. The third-order valence-electron chi connectivity index (χ3n) is 10.9. The van der Waals surface area contributed by atoms with E-state index >= 15 is 9.59 Å². The van der Waals surface area contributed by atoms with E-state index in [2.05, 4.69) is 0 Å². The number of carbonyl (C=O) groups excluding carboxylic acids is 3. The summed E-state index contributed by atoms with van der Waals surface area (Å²) in [4.78, 5) is 50.1. The lowest BCUT2D eigenvalue weighted by molar-refractivity contribution is -0.147. The van der Waals surface area contributed by atoms with Gasteiger partial charge in [0.15, 0.2) is 0 Å². The number of likely N-dealkylation sites (tertiary alicyclic amines) is 1. The van der Waals surface area contributed by atoms with E-state index in [9.17, 15) is 9.90 Å². The van der Waals surface area contributed by atoms with Crippen molar-refractivity contribution >= 4 is 39.9 Å². The number of carbonyl (C=O) groups is 3. The Hall–Kier alpha value is -5.25. The zero-order valence-corrected chi connectivity index (χ0v) is 28.7. The van der Waals surface area contributed by atoms with Crippen molar-refractivity contribution in [1.29, 1.82) is 0 Å². The number of rotatable bonds is 8. The van der Waals surface area contributed by atoms with Gasteiger partial charge < -0.3 is 29.3 Å². The Kier molecular flexibility index (Phi) is 8.27. The van der Waals surface area contributed by atoms with E-state index in [1.165, 1.54) is 4.90 Å². The SMILES string of the molecule is CCOc1ccc(N2CC=C[C@]3(C)O[C@]45C=CCN(c6ccc7ccccc7c6)C(=O)C4N([C@@H](CO)Cc4ccccc4)C(=O)[C@@H]5[C@@H]3C2=O)cc1. The van der Waals surface area contributed by atoms with Crippen LogP contribution in [0.5, 0.6) is 5.75 Å². The number of hydrogen-bond donors (Lipinski definition) is 1. The van der Waals surface area contributed by atoms with Gasteiger partial charge in [0.05, 0.1) is 36.7 Å². The molecule has 1 unspecified atom stereocenters. The number of fused-ring (bicyclic) bond motifs is 3. The molecule has 6 atom stereocenters. The predicted octanol–water partition coefficient (Wildman–Crippen LogP) is 5.32. The molecule has 9 nitrogen and oxygen atoms in total. The Labute approximate surface area is 297 Å². The molecule has 4 heterocycles. The molecule has 8 rings (SSSR count). The Bertz CT molecular complexity index is 2050. The van der Waals surface area contributed by atoms with Gasteiger partial charge in [-0.1, -0.05) is 85.0 Å². The van der Waals surface area contributed by atoms with Crippen molar-refractivity contribution in [2.24, 2.45) is 11.8 Å². The van der Waals surface area contributed by atoms with Crippen molar-refractivity contribution in [3.05, 3.63) is 127 Å². The van der Waals surface area contributed by atoms with Crippen LogP contribution in [0.2, 0.25) is 0 Å². The predicted molar refractivity (Wildman–Crippen MR) is 195 cm³/mol. The van der Waals surface area contributed by atoms with E-state index < -0.39 is 35.1 Å². The standard InChI is InChI=1S/C42H41N3O6/c1-3-50-34-19-17-31(18-20-34)43-23-9-21-41(2)35(38(43)47)36-39(48)45(33(27-46)25-28-11-5-4-6-12-28)37-40(49)44(24-10-22-42(36,37)51-41)32-16-15-29-13-7-8-14-30(29)26-32/h4-22,26,33,35-37,46H,3,23-25,27H2,1-2H3/t33-,35-,36+,37?,41+,42+/m1/s1. The van der Waals surface area contributed by atoms with Crippen LogP contribution in [0.1, 0.15) is 19.4 Å². The molecule has 2 fully saturated rings. The summed E-state index contributed by atoms with van der Waals surface area (Å²) >= 11 is 0. The molecule has 0 bridgehead atoms. The fraction of sp³-hybridized carbons (Fsp3) is 0.310. The molecule has 4 aliphatic heterocycles. The molecule has 1 spiro atoms. The normalized spacial score (nSPS) is 27.6. The van der Waals surface area contributed by atoms with E-state index in [1.807, 2.05) is 135 Å². The van der Waals surface area contributed by atoms with Gasteiger partial charge in [0.2, 0.25) is 11.8 Å². The lowest BCUT2D eigenvalue weighted by atomic mass is 9.74. The molecule has 0 radical (unpaired) electrons. The van der Waals surface area contributed by atoms with Crippen LogP contribution in [0, 0.1) is 11.8 Å². The molecule has 51 heavy (non-hydrogen) atoms. The smallest absolute Gasteiger partial charge is 0.253 e. The zero-order valence-electron chi connectivity index (χ0n) is 28.7. The van der Waals surface area contributed by atoms with E-state index in [0.29, 0.717) is 36.7 Å². The van der Waals surface area contributed by atoms with Crippen molar-refractivity contribution in [3.8, 4) is 5.75 Å². The Balaban J connectivity index is 1.24. The van der Waals surface area contributed by atoms with Crippen LogP contribution < -0.4 is 14.5 Å². The van der Waals surface area contributed by atoms with Gasteiger partial charge in [-0.15, -0.1) is 0 Å². The summed E-state index contributed by atoms with van der Waals surface area (Å²) in [5.41, 5.74) is -0.372. The maximum absolute atomic E-state index is 15.2. The van der Waals surface area contributed by atoms with Gasteiger partial charge in [-0.2, -0.15) is 0 Å². The number of benzene rings is 4. The Morgan fingerprint density at radius 2 is 1.45 bits per heavy atom. The van der Waals surface area contributed by atoms with Crippen LogP contribution in [0.4, 0.5) is 11.4 Å². The summed E-state index contributed by atoms with van der Waals surface area (Å²) in [5, 5.41) is 13.0. The molecule has 3 amide bonds. The van der Waals surface area contributed by atoms with E-state index in [4.69, 9.17) is 9.47 Å². The van der Waals surface area contributed by atoms with E-state index in [1.54, 1.807) is 9.80 Å². The fourth-order valence-electron chi connectivity index (χ4n) is 8.69. The summed E-state index contributed by atoms with van der Waals surface area (Å²) in [6.07, 6.45) is 7.83. The van der Waals surface area contributed by atoms with Gasteiger partial charge in [-0.05, 0) is 73.0 Å². The van der Waals surface area contributed by atoms with E-state index in [-0.39, 0.29) is 30.9 Å². The number of anilines is 2. The molecular weight excluding hydrogens is 642 g/mol.